The molecule has 154 valence electrons. The molecule has 0 radical (unpaired) electrons. The van der Waals surface area contributed by atoms with E-state index < -0.39 is 0 Å². The summed E-state index contributed by atoms with van der Waals surface area (Å²) >= 11 is 0. The van der Waals surface area contributed by atoms with Crippen molar-refractivity contribution in [2.75, 3.05) is 5.32 Å². The highest BCUT2D eigenvalue weighted by Crippen LogP contribution is 2.42. The van der Waals surface area contributed by atoms with Gasteiger partial charge in [0.1, 0.15) is 0 Å². The number of carbonyl (C=O) groups is 2. The maximum Gasteiger partial charge on any atom is 0.254 e. The van der Waals surface area contributed by atoms with Gasteiger partial charge in [-0.05, 0) is 55.9 Å². The maximum atomic E-state index is 13.5. The predicted molar refractivity (Wildman–Crippen MR) is 120 cm³/mol. The van der Waals surface area contributed by atoms with Gasteiger partial charge >= 0.3 is 0 Å². The number of ketones is 1. The molecule has 30 heavy (non-hydrogen) atoms. The summed E-state index contributed by atoms with van der Waals surface area (Å²) in [7, 11) is 0. The van der Waals surface area contributed by atoms with E-state index in [4.69, 9.17) is 0 Å². The fourth-order valence-electron chi connectivity index (χ4n) is 4.47. The summed E-state index contributed by atoms with van der Waals surface area (Å²) in [5.74, 6) is -0.366. The third kappa shape index (κ3) is 3.70. The molecule has 1 unspecified atom stereocenters. The van der Waals surface area contributed by atoms with Crippen molar-refractivity contribution in [3.8, 4) is 0 Å². The molecule has 4 heteroatoms. The van der Waals surface area contributed by atoms with Crippen molar-refractivity contribution in [2.24, 2.45) is 0 Å². The quantitative estimate of drug-likeness (QED) is 0.745. The van der Waals surface area contributed by atoms with Gasteiger partial charge in [-0.15, -0.1) is 0 Å². The highest BCUT2D eigenvalue weighted by molar-refractivity contribution is 6.10. The van der Waals surface area contributed by atoms with Crippen molar-refractivity contribution in [3.05, 3.63) is 87.8 Å². The smallest absolute Gasteiger partial charge is 0.254 e. The van der Waals surface area contributed by atoms with Crippen molar-refractivity contribution >= 4 is 17.4 Å². The van der Waals surface area contributed by atoms with E-state index in [0.29, 0.717) is 12.0 Å². The Morgan fingerprint density at radius 3 is 2.50 bits per heavy atom. The lowest BCUT2D eigenvalue weighted by Crippen LogP contribution is -2.35. The van der Waals surface area contributed by atoms with E-state index in [1.807, 2.05) is 38.1 Å². The van der Waals surface area contributed by atoms with Crippen LogP contribution in [0.5, 0.6) is 0 Å². The van der Waals surface area contributed by atoms with Gasteiger partial charge in [-0.2, -0.15) is 0 Å². The summed E-state index contributed by atoms with van der Waals surface area (Å²) in [6.45, 7) is 6.03. The SMILES string of the molecule is CCc1ccc(C2C(C(=O)Nc3ccccc3C)=C(C)NC3=C2C(=O)CCC3)cc1. The largest absolute Gasteiger partial charge is 0.362 e. The van der Waals surface area contributed by atoms with E-state index in [1.54, 1.807) is 0 Å². The minimum atomic E-state index is -0.344. The van der Waals surface area contributed by atoms with E-state index in [0.717, 1.165) is 53.0 Å². The van der Waals surface area contributed by atoms with E-state index in [1.165, 1.54) is 5.56 Å². The monoisotopic (exact) mass is 400 g/mol. The van der Waals surface area contributed by atoms with Gasteiger partial charge in [0, 0.05) is 40.6 Å². The van der Waals surface area contributed by atoms with Crippen LogP contribution < -0.4 is 10.6 Å². The fraction of sp³-hybridized carbons (Fsp3) is 0.308. The molecule has 2 N–H and O–H groups in total. The summed E-state index contributed by atoms with van der Waals surface area (Å²) in [5.41, 5.74) is 7.19. The molecule has 0 aromatic heterocycles. The molecule has 1 atom stereocenters. The molecular weight excluding hydrogens is 372 g/mol. The van der Waals surface area contributed by atoms with Crippen LogP contribution in [0.1, 0.15) is 55.7 Å². The zero-order valence-corrected chi connectivity index (χ0v) is 17.8. The van der Waals surface area contributed by atoms with E-state index in [2.05, 4.69) is 41.8 Å². The minimum Gasteiger partial charge on any atom is -0.362 e. The average Bonchev–Trinajstić information content (AvgIpc) is 2.74. The molecule has 2 aromatic carbocycles. The Kier molecular flexibility index (Phi) is 5.58. The van der Waals surface area contributed by atoms with E-state index in [-0.39, 0.29) is 17.6 Å². The lowest BCUT2D eigenvalue weighted by atomic mass is 9.75. The fourth-order valence-corrected chi connectivity index (χ4v) is 4.47. The summed E-state index contributed by atoms with van der Waals surface area (Å²) < 4.78 is 0. The standard InChI is InChI=1S/C26H28N2O2/c1-4-18-12-14-19(15-13-18)24-23(26(30)28-20-9-6-5-8-16(20)2)17(3)27-21-10-7-11-22(29)25(21)24/h5-6,8-9,12-15,24,27H,4,7,10-11H2,1-3H3,(H,28,30). The molecule has 1 amide bonds. The number of benzene rings is 2. The minimum absolute atomic E-state index is 0.141. The Bertz CT molecular complexity index is 1060. The van der Waals surface area contributed by atoms with Crippen molar-refractivity contribution in [1.29, 1.82) is 0 Å². The summed E-state index contributed by atoms with van der Waals surface area (Å²) in [4.78, 5) is 26.4. The zero-order valence-electron chi connectivity index (χ0n) is 17.8. The number of hydrogen-bond acceptors (Lipinski definition) is 3. The number of amides is 1. The first-order chi connectivity index (χ1) is 14.5. The van der Waals surface area contributed by atoms with Gasteiger partial charge < -0.3 is 10.6 Å². The molecule has 4 rings (SSSR count). The molecule has 4 nitrogen and oxygen atoms in total. The number of carbonyl (C=O) groups excluding carboxylic acids is 2. The van der Waals surface area contributed by atoms with Crippen molar-refractivity contribution in [1.82, 2.24) is 5.32 Å². The Morgan fingerprint density at radius 2 is 1.80 bits per heavy atom. The highest BCUT2D eigenvalue weighted by Gasteiger charge is 2.38. The van der Waals surface area contributed by atoms with Crippen molar-refractivity contribution < 1.29 is 9.59 Å². The number of allylic oxidation sites excluding steroid dienone is 3. The van der Waals surface area contributed by atoms with Crippen LogP contribution in [0.2, 0.25) is 0 Å². The van der Waals surface area contributed by atoms with Crippen LogP contribution in [0, 0.1) is 6.92 Å². The summed E-state index contributed by atoms with van der Waals surface area (Å²) in [6, 6.07) is 16.1. The number of hydrogen-bond donors (Lipinski definition) is 2. The Balaban J connectivity index is 1.79. The molecule has 2 aromatic rings. The number of nitrogens with one attached hydrogen (secondary N) is 2. The first-order valence-electron chi connectivity index (χ1n) is 10.7. The molecule has 0 spiro atoms. The van der Waals surface area contributed by atoms with Gasteiger partial charge in [-0.3, -0.25) is 9.59 Å². The number of dihydropyridines is 1. The second kappa shape index (κ2) is 8.31. The second-order valence-electron chi connectivity index (χ2n) is 8.13. The predicted octanol–water partition coefficient (Wildman–Crippen LogP) is 5.16. The topological polar surface area (TPSA) is 58.2 Å². The lowest BCUT2D eigenvalue weighted by molar-refractivity contribution is -0.116. The van der Waals surface area contributed by atoms with Gasteiger partial charge in [-0.25, -0.2) is 0 Å². The molecule has 0 saturated carbocycles. The third-order valence-electron chi connectivity index (χ3n) is 6.14. The van der Waals surface area contributed by atoms with Crippen LogP contribution in [0.25, 0.3) is 0 Å². The molecule has 1 aliphatic carbocycles. The Labute approximate surface area is 178 Å². The van der Waals surface area contributed by atoms with Crippen LogP contribution in [0.4, 0.5) is 5.69 Å². The van der Waals surface area contributed by atoms with Crippen LogP contribution in [0.15, 0.2) is 71.1 Å². The molecule has 0 fully saturated rings. The van der Waals surface area contributed by atoms with Crippen molar-refractivity contribution in [3.63, 3.8) is 0 Å². The summed E-state index contributed by atoms with van der Waals surface area (Å²) in [6.07, 6.45) is 3.18. The van der Waals surface area contributed by atoms with Gasteiger partial charge in [0.15, 0.2) is 5.78 Å². The molecule has 0 saturated heterocycles. The highest BCUT2D eigenvalue weighted by atomic mass is 16.2. The molecule has 2 aliphatic rings. The number of para-hydroxylation sites is 1. The van der Waals surface area contributed by atoms with Gasteiger partial charge in [0.2, 0.25) is 0 Å². The number of anilines is 1. The van der Waals surface area contributed by atoms with Gasteiger partial charge in [-0.1, -0.05) is 49.4 Å². The lowest BCUT2D eigenvalue weighted by Gasteiger charge is -2.34. The third-order valence-corrected chi connectivity index (χ3v) is 6.14. The summed E-state index contributed by atoms with van der Waals surface area (Å²) in [5, 5.41) is 6.45. The number of rotatable bonds is 4. The maximum absolute atomic E-state index is 13.5. The van der Waals surface area contributed by atoms with Gasteiger partial charge in [0.05, 0.1) is 0 Å². The molecule has 1 aliphatic heterocycles. The van der Waals surface area contributed by atoms with Crippen LogP contribution >= 0.6 is 0 Å². The Hall–Kier alpha value is -3.14. The first kappa shape index (κ1) is 20.1. The number of aryl methyl sites for hydroxylation is 2. The van der Waals surface area contributed by atoms with Crippen LogP contribution in [-0.2, 0) is 16.0 Å². The normalized spacial score (nSPS) is 18.8. The van der Waals surface area contributed by atoms with Gasteiger partial charge in [0.25, 0.3) is 5.91 Å². The van der Waals surface area contributed by atoms with E-state index in [9.17, 15) is 9.59 Å². The van der Waals surface area contributed by atoms with Crippen molar-refractivity contribution in [2.45, 2.75) is 52.4 Å². The molecular formula is C26H28N2O2. The average molecular weight is 401 g/mol. The second-order valence-corrected chi connectivity index (χ2v) is 8.13. The number of Topliss-reactive ketones (excluding diaryl/α,β-unsaturated/α-hetero) is 1. The first-order valence-corrected chi connectivity index (χ1v) is 10.7. The zero-order chi connectivity index (χ0) is 21.3. The van der Waals surface area contributed by atoms with E-state index >= 15 is 0 Å². The Morgan fingerprint density at radius 1 is 1.07 bits per heavy atom. The van der Waals surface area contributed by atoms with Crippen LogP contribution in [-0.4, -0.2) is 11.7 Å². The van der Waals surface area contributed by atoms with Crippen LogP contribution in [0.3, 0.4) is 0 Å². The molecule has 1 heterocycles. The molecule has 0 bridgehead atoms.